The second-order valence-electron chi connectivity index (χ2n) is 5.01. The molecule has 0 unspecified atom stereocenters. The van der Waals surface area contributed by atoms with Gasteiger partial charge in [0.1, 0.15) is 11.6 Å². The molecule has 9 heteroatoms. The van der Waals surface area contributed by atoms with Crippen LogP contribution < -0.4 is 10.5 Å². The van der Waals surface area contributed by atoms with E-state index in [4.69, 9.17) is 22.1 Å². The van der Waals surface area contributed by atoms with Gasteiger partial charge < -0.3 is 10.5 Å². The Morgan fingerprint density at radius 3 is 2.32 bits per heavy atom. The van der Waals surface area contributed by atoms with Gasteiger partial charge in [0.05, 0.1) is 17.1 Å². The Balaban J connectivity index is 2.43. The Kier molecular flexibility index (Phi) is 5.52. The van der Waals surface area contributed by atoms with Gasteiger partial charge in [-0.3, -0.25) is 0 Å². The van der Waals surface area contributed by atoms with Gasteiger partial charge in [-0.05, 0) is 31.2 Å². The number of halogens is 6. The zero-order valence-corrected chi connectivity index (χ0v) is 13.6. The standard InChI is InChI=1S/C16H12ClF5N2O/c1-8-12(24-14(23)7-17)3-2-4-13(8)25-15-10(18)5-9(6-11(15)19)16(20,21)22/h2-6H,7H2,1H3,(H2,23,24). The first-order valence-corrected chi connectivity index (χ1v) is 7.39. The molecule has 0 aromatic heterocycles. The molecule has 134 valence electrons. The van der Waals surface area contributed by atoms with E-state index in [-0.39, 0.29) is 29.6 Å². The van der Waals surface area contributed by atoms with Gasteiger partial charge in [-0.2, -0.15) is 13.2 Å². The van der Waals surface area contributed by atoms with Crippen LogP contribution in [0.15, 0.2) is 35.3 Å². The summed E-state index contributed by atoms with van der Waals surface area (Å²) in [4.78, 5) is 4.02. The van der Waals surface area contributed by atoms with Crippen LogP contribution in [-0.4, -0.2) is 11.7 Å². The lowest BCUT2D eigenvalue weighted by Gasteiger charge is -2.14. The third-order valence-corrected chi connectivity index (χ3v) is 3.47. The van der Waals surface area contributed by atoms with E-state index < -0.39 is 29.1 Å². The third-order valence-electron chi connectivity index (χ3n) is 3.19. The van der Waals surface area contributed by atoms with Crippen LogP contribution in [-0.2, 0) is 6.18 Å². The first kappa shape index (κ1) is 19.0. The molecule has 0 radical (unpaired) electrons. The molecule has 0 aliphatic heterocycles. The van der Waals surface area contributed by atoms with Crippen molar-refractivity contribution in [1.29, 1.82) is 0 Å². The van der Waals surface area contributed by atoms with E-state index in [9.17, 15) is 22.0 Å². The lowest BCUT2D eigenvalue weighted by Crippen LogP contribution is -2.12. The van der Waals surface area contributed by atoms with Crippen molar-refractivity contribution in [3.8, 4) is 11.5 Å². The van der Waals surface area contributed by atoms with E-state index >= 15 is 0 Å². The number of hydrogen-bond acceptors (Lipinski definition) is 2. The van der Waals surface area contributed by atoms with Crippen LogP contribution in [0.3, 0.4) is 0 Å². The normalized spacial score (nSPS) is 12.4. The van der Waals surface area contributed by atoms with Crippen LogP contribution in [0.25, 0.3) is 0 Å². The molecule has 0 aliphatic carbocycles. The fraction of sp³-hybridized carbons (Fsp3) is 0.188. The summed E-state index contributed by atoms with van der Waals surface area (Å²) in [6, 6.07) is 4.79. The molecule has 0 aliphatic rings. The van der Waals surface area contributed by atoms with Crippen molar-refractivity contribution in [3.05, 3.63) is 53.1 Å². The molecule has 0 saturated carbocycles. The lowest BCUT2D eigenvalue weighted by molar-refractivity contribution is -0.138. The Bertz CT molecular complexity index is 798. The molecule has 25 heavy (non-hydrogen) atoms. The van der Waals surface area contributed by atoms with Gasteiger partial charge in [0.15, 0.2) is 17.4 Å². The molecule has 0 spiro atoms. The zero-order chi connectivity index (χ0) is 18.8. The molecule has 0 bridgehead atoms. The van der Waals surface area contributed by atoms with Crippen molar-refractivity contribution in [2.75, 3.05) is 5.88 Å². The highest BCUT2D eigenvalue weighted by atomic mass is 35.5. The minimum Gasteiger partial charge on any atom is -0.451 e. The molecule has 2 N–H and O–H groups in total. The topological polar surface area (TPSA) is 47.6 Å². The van der Waals surface area contributed by atoms with E-state index in [1.807, 2.05) is 0 Å². The van der Waals surface area contributed by atoms with Gasteiger partial charge in [-0.1, -0.05) is 6.07 Å². The quantitative estimate of drug-likeness (QED) is 0.339. The van der Waals surface area contributed by atoms with E-state index in [0.29, 0.717) is 11.3 Å². The maximum atomic E-state index is 13.9. The third kappa shape index (κ3) is 4.39. The summed E-state index contributed by atoms with van der Waals surface area (Å²) >= 11 is 5.54. The maximum Gasteiger partial charge on any atom is 0.416 e. The van der Waals surface area contributed by atoms with Crippen LogP contribution in [0.1, 0.15) is 11.1 Å². The van der Waals surface area contributed by atoms with Gasteiger partial charge >= 0.3 is 6.18 Å². The van der Waals surface area contributed by atoms with Crippen molar-refractivity contribution >= 4 is 23.1 Å². The summed E-state index contributed by atoms with van der Waals surface area (Å²) in [5.74, 6) is -3.77. The fourth-order valence-corrected chi connectivity index (χ4v) is 2.01. The SMILES string of the molecule is Cc1c(N=C(N)CCl)cccc1Oc1c(F)cc(C(F)(F)F)cc1F. The molecule has 2 rings (SSSR count). The second kappa shape index (κ2) is 7.26. The minimum absolute atomic E-state index is 0.0150. The highest BCUT2D eigenvalue weighted by molar-refractivity contribution is 6.28. The molecular formula is C16H12ClF5N2O. The minimum atomic E-state index is -4.87. The highest BCUT2D eigenvalue weighted by Crippen LogP contribution is 2.37. The van der Waals surface area contributed by atoms with E-state index in [1.165, 1.54) is 12.1 Å². The van der Waals surface area contributed by atoms with Gasteiger partial charge in [-0.15, -0.1) is 11.6 Å². The first-order valence-electron chi connectivity index (χ1n) is 6.86. The summed E-state index contributed by atoms with van der Waals surface area (Å²) in [6.45, 7) is 1.55. The number of hydrogen-bond donors (Lipinski definition) is 1. The molecule has 2 aromatic carbocycles. The molecule has 0 atom stereocenters. The van der Waals surface area contributed by atoms with Crippen molar-refractivity contribution in [2.45, 2.75) is 13.1 Å². The Morgan fingerprint density at radius 2 is 1.80 bits per heavy atom. The van der Waals surface area contributed by atoms with Crippen LogP contribution in [0.5, 0.6) is 11.5 Å². The Morgan fingerprint density at radius 1 is 1.20 bits per heavy atom. The number of ether oxygens (including phenoxy) is 1. The number of rotatable bonds is 4. The van der Waals surface area contributed by atoms with Gasteiger partial charge in [0, 0.05) is 5.56 Å². The van der Waals surface area contributed by atoms with Crippen LogP contribution >= 0.6 is 11.6 Å². The van der Waals surface area contributed by atoms with E-state index in [0.717, 1.165) is 0 Å². The molecular weight excluding hydrogens is 367 g/mol. The number of nitrogens with two attached hydrogens (primary N) is 1. The molecule has 0 saturated heterocycles. The van der Waals surface area contributed by atoms with Crippen molar-refractivity contribution in [1.82, 2.24) is 0 Å². The van der Waals surface area contributed by atoms with E-state index in [2.05, 4.69) is 4.99 Å². The van der Waals surface area contributed by atoms with Crippen molar-refractivity contribution in [2.24, 2.45) is 10.7 Å². The summed E-state index contributed by atoms with van der Waals surface area (Å²) in [7, 11) is 0. The number of amidine groups is 1. The predicted octanol–water partition coefficient (Wildman–Crippen LogP) is 5.31. The summed E-state index contributed by atoms with van der Waals surface area (Å²) < 4.78 is 70.6. The van der Waals surface area contributed by atoms with Gasteiger partial charge in [0.2, 0.25) is 0 Å². The molecule has 2 aromatic rings. The highest BCUT2D eigenvalue weighted by Gasteiger charge is 2.33. The molecule has 3 nitrogen and oxygen atoms in total. The summed E-state index contributed by atoms with van der Waals surface area (Å²) in [5, 5.41) is 0. The Hall–Kier alpha value is -2.35. The average molecular weight is 379 g/mol. The zero-order valence-electron chi connectivity index (χ0n) is 12.8. The largest absolute Gasteiger partial charge is 0.451 e. The van der Waals surface area contributed by atoms with Crippen molar-refractivity contribution < 1.29 is 26.7 Å². The predicted molar refractivity (Wildman–Crippen MR) is 84.6 cm³/mol. The first-order chi connectivity index (χ1) is 11.6. The van der Waals surface area contributed by atoms with E-state index in [1.54, 1.807) is 13.0 Å². The average Bonchev–Trinajstić information content (AvgIpc) is 2.52. The van der Waals surface area contributed by atoms with Crippen LogP contribution in [0.4, 0.5) is 27.6 Å². The second-order valence-corrected chi connectivity index (χ2v) is 5.27. The number of nitrogens with zero attached hydrogens (tertiary/aromatic N) is 1. The summed E-state index contributed by atoms with van der Waals surface area (Å²) in [5.41, 5.74) is 4.82. The van der Waals surface area contributed by atoms with Crippen LogP contribution in [0, 0.1) is 18.6 Å². The Labute approximate surface area is 144 Å². The molecule has 0 fully saturated rings. The molecule has 0 amide bonds. The van der Waals surface area contributed by atoms with Gasteiger partial charge in [0.25, 0.3) is 0 Å². The maximum absolute atomic E-state index is 13.9. The van der Waals surface area contributed by atoms with Crippen molar-refractivity contribution in [3.63, 3.8) is 0 Å². The number of alkyl halides is 4. The summed E-state index contributed by atoms with van der Waals surface area (Å²) in [6.07, 6.45) is -4.87. The molecule has 0 heterocycles. The van der Waals surface area contributed by atoms with Crippen LogP contribution in [0.2, 0.25) is 0 Å². The lowest BCUT2D eigenvalue weighted by atomic mass is 10.1. The number of aliphatic imine (C=N–C) groups is 1. The number of benzene rings is 2. The monoisotopic (exact) mass is 378 g/mol. The smallest absolute Gasteiger partial charge is 0.416 e. The van der Waals surface area contributed by atoms with Gasteiger partial charge in [-0.25, -0.2) is 13.8 Å². The fourth-order valence-electron chi connectivity index (χ4n) is 1.95.